The number of fused-ring (bicyclic) bond motifs is 1. The number of ether oxygens (including phenoxy) is 1. The van der Waals surface area contributed by atoms with E-state index in [-0.39, 0.29) is 6.54 Å². The van der Waals surface area contributed by atoms with Crippen LogP contribution >= 0.6 is 0 Å². The lowest BCUT2D eigenvalue weighted by Crippen LogP contribution is -2.31. The highest BCUT2D eigenvalue weighted by Gasteiger charge is 2.20. The zero-order valence-electron chi connectivity index (χ0n) is 18.3. The van der Waals surface area contributed by atoms with E-state index in [2.05, 4.69) is 20.0 Å². The number of amides is 2. The van der Waals surface area contributed by atoms with Crippen LogP contribution in [0.2, 0.25) is 0 Å². The Balaban J connectivity index is 1.72. The van der Waals surface area contributed by atoms with E-state index < -0.39 is 17.8 Å². The molecule has 10 heteroatoms. The minimum atomic E-state index is -0.629. The lowest BCUT2D eigenvalue weighted by molar-refractivity contribution is 0.0990. The van der Waals surface area contributed by atoms with Gasteiger partial charge in [-0.2, -0.15) is 5.26 Å². The number of anilines is 2. The summed E-state index contributed by atoms with van der Waals surface area (Å²) in [6, 6.07) is 14.1. The summed E-state index contributed by atoms with van der Waals surface area (Å²) < 4.78 is 19.7. The van der Waals surface area contributed by atoms with Gasteiger partial charge >= 0.3 is 6.09 Å². The maximum atomic E-state index is 13.4. The molecule has 2 amide bonds. The molecule has 170 valence electrons. The van der Waals surface area contributed by atoms with Gasteiger partial charge in [0.15, 0.2) is 0 Å². The van der Waals surface area contributed by atoms with Crippen LogP contribution in [-0.4, -0.2) is 40.2 Å². The molecule has 0 aliphatic carbocycles. The number of pyridine rings is 1. The van der Waals surface area contributed by atoms with Crippen molar-refractivity contribution < 1.29 is 18.7 Å². The molecule has 0 saturated carbocycles. The fraction of sp³-hybridized carbons (Fsp3) is 0.125. The monoisotopic (exact) mass is 458 g/mol. The molecule has 9 nitrogen and oxygen atoms in total. The van der Waals surface area contributed by atoms with E-state index in [9.17, 15) is 19.2 Å². The normalized spacial score (nSPS) is 10.5. The van der Waals surface area contributed by atoms with Gasteiger partial charge in [0, 0.05) is 11.3 Å². The topological polar surface area (TPSA) is 113 Å². The Morgan fingerprint density at radius 2 is 1.94 bits per heavy atom. The van der Waals surface area contributed by atoms with Crippen molar-refractivity contribution in [1.82, 2.24) is 14.5 Å². The number of methoxy groups -OCH3 is 1. The molecule has 0 aliphatic rings. The maximum absolute atomic E-state index is 13.4. The summed E-state index contributed by atoms with van der Waals surface area (Å²) in [5.41, 5.74) is 3.55. The number of aromatic nitrogens is 3. The van der Waals surface area contributed by atoms with Crippen LogP contribution in [0.1, 0.15) is 15.9 Å². The van der Waals surface area contributed by atoms with Gasteiger partial charge in [0.05, 0.1) is 36.1 Å². The Labute approximate surface area is 194 Å². The van der Waals surface area contributed by atoms with Crippen LogP contribution in [0.3, 0.4) is 0 Å². The summed E-state index contributed by atoms with van der Waals surface area (Å²) in [6.07, 6.45) is 2.54. The van der Waals surface area contributed by atoms with Crippen LogP contribution in [0.25, 0.3) is 16.7 Å². The van der Waals surface area contributed by atoms with Gasteiger partial charge in [-0.15, -0.1) is 0 Å². The Morgan fingerprint density at radius 3 is 2.59 bits per heavy atom. The van der Waals surface area contributed by atoms with E-state index in [1.54, 1.807) is 41.4 Å². The van der Waals surface area contributed by atoms with E-state index in [0.29, 0.717) is 33.8 Å². The first-order valence-electron chi connectivity index (χ1n) is 10.1. The molecule has 0 radical (unpaired) electrons. The van der Waals surface area contributed by atoms with Gasteiger partial charge in [-0.05, 0) is 61.0 Å². The molecule has 0 spiro atoms. The number of nitrogens with zero attached hydrogens (tertiary/aromatic N) is 5. The number of aryl methyl sites for hydroxylation is 1. The minimum absolute atomic E-state index is 0.195. The standard InChI is InChI=1S/C24H19FN6O3/c1-15-11-16(23(32)30(10-9-26)18-5-3-17(25)4-6-18)12-20-22(15)28-14-31(20)19-7-8-21(27-13-19)29-24(33)34-2/h3-8,11-14H,10H2,1-2H3,(H,27,29,33). The second-order valence-corrected chi connectivity index (χ2v) is 7.32. The van der Waals surface area contributed by atoms with E-state index in [1.165, 1.54) is 36.3 Å². The third-order valence-electron chi connectivity index (χ3n) is 5.14. The number of carbonyl (C=O) groups excluding carboxylic acids is 2. The number of halogens is 1. The van der Waals surface area contributed by atoms with Gasteiger partial charge in [0.2, 0.25) is 0 Å². The van der Waals surface area contributed by atoms with Crippen molar-refractivity contribution in [3.05, 3.63) is 78.0 Å². The first kappa shape index (κ1) is 22.4. The Bertz CT molecular complexity index is 1410. The Morgan fingerprint density at radius 1 is 1.18 bits per heavy atom. The zero-order chi connectivity index (χ0) is 24.2. The average Bonchev–Trinajstić information content (AvgIpc) is 3.28. The minimum Gasteiger partial charge on any atom is -0.453 e. The second-order valence-electron chi connectivity index (χ2n) is 7.32. The first-order valence-corrected chi connectivity index (χ1v) is 10.1. The maximum Gasteiger partial charge on any atom is 0.412 e. The van der Waals surface area contributed by atoms with Crippen molar-refractivity contribution in [2.24, 2.45) is 0 Å². The zero-order valence-corrected chi connectivity index (χ0v) is 18.3. The van der Waals surface area contributed by atoms with Crippen LogP contribution in [0.5, 0.6) is 0 Å². The van der Waals surface area contributed by atoms with Crippen molar-refractivity contribution in [1.29, 1.82) is 5.26 Å². The highest BCUT2D eigenvalue weighted by molar-refractivity contribution is 6.08. The number of imidazole rings is 1. The van der Waals surface area contributed by atoms with Crippen molar-refractivity contribution in [2.45, 2.75) is 6.92 Å². The van der Waals surface area contributed by atoms with Crippen molar-refractivity contribution >= 4 is 34.5 Å². The first-order chi connectivity index (χ1) is 16.4. The largest absolute Gasteiger partial charge is 0.453 e. The lowest BCUT2D eigenvalue weighted by Gasteiger charge is -2.20. The van der Waals surface area contributed by atoms with Crippen LogP contribution in [0.4, 0.5) is 20.7 Å². The van der Waals surface area contributed by atoms with Gasteiger partial charge in [0.25, 0.3) is 5.91 Å². The molecular weight excluding hydrogens is 439 g/mol. The summed E-state index contributed by atoms with van der Waals surface area (Å²) in [6.45, 7) is 1.64. The quantitative estimate of drug-likeness (QED) is 0.448. The molecule has 0 saturated heterocycles. The van der Waals surface area contributed by atoms with Gasteiger partial charge in [-0.3, -0.25) is 19.6 Å². The molecule has 0 unspecified atom stereocenters. The third kappa shape index (κ3) is 4.40. The van der Waals surface area contributed by atoms with Crippen LogP contribution in [0.15, 0.2) is 61.1 Å². The molecule has 0 fully saturated rings. The third-order valence-corrected chi connectivity index (χ3v) is 5.14. The predicted octanol–water partition coefficient (Wildman–Crippen LogP) is 4.22. The molecule has 0 atom stereocenters. The summed E-state index contributed by atoms with van der Waals surface area (Å²) in [5, 5.41) is 11.7. The number of hydrogen-bond acceptors (Lipinski definition) is 6. The Kier molecular flexibility index (Phi) is 6.18. The number of rotatable bonds is 5. The lowest BCUT2D eigenvalue weighted by atomic mass is 10.1. The number of carbonyl (C=O) groups is 2. The number of hydrogen-bond donors (Lipinski definition) is 1. The number of benzene rings is 2. The molecule has 2 aromatic heterocycles. The van der Waals surface area contributed by atoms with Crippen molar-refractivity contribution in [2.75, 3.05) is 23.9 Å². The summed E-state index contributed by atoms with van der Waals surface area (Å²) >= 11 is 0. The molecule has 4 rings (SSSR count). The Hall–Kier alpha value is -4.78. The van der Waals surface area contributed by atoms with Crippen molar-refractivity contribution in [3.8, 4) is 11.8 Å². The van der Waals surface area contributed by atoms with Gasteiger partial charge in [-0.25, -0.2) is 19.2 Å². The summed E-state index contributed by atoms with van der Waals surface area (Å²) in [5.74, 6) is -0.518. The predicted molar refractivity (Wildman–Crippen MR) is 123 cm³/mol. The van der Waals surface area contributed by atoms with E-state index in [4.69, 9.17) is 0 Å². The van der Waals surface area contributed by atoms with Crippen LogP contribution in [0, 0.1) is 24.1 Å². The van der Waals surface area contributed by atoms with E-state index >= 15 is 0 Å². The highest BCUT2D eigenvalue weighted by Crippen LogP contribution is 2.25. The van der Waals surface area contributed by atoms with Gasteiger partial charge in [0.1, 0.15) is 24.5 Å². The molecule has 2 aromatic carbocycles. The fourth-order valence-electron chi connectivity index (χ4n) is 3.51. The smallest absolute Gasteiger partial charge is 0.412 e. The molecule has 1 N–H and O–H groups in total. The van der Waals surface area contributed by atoms with Crippen LogP contribution in [-0.2, 0) is 4.74 Å². The van der Waals surface area contributed by atoms with Crippen molar-refractivity contribution in [3.63, 3.8) is 0 Å². The SMILES string of the molecule is COC(=O)Nc1ccc(-n2cnc3c(C)cc(C(=O)N(CC#N)c4ccc(F)cc4)cc32)cn1. The molecule has 34 heavy (non-hydrogen) atoms. The number of nitrogens with one attached hydrogen (secondary N) is 1. The van der Waals surface area contributed by atoms with Gasteiger partial charge in [-0.1, -0.05) is 0 Å². The molecule has 2 heterocycles. The van der Waals surface area contributed by atoms with E-state index in [0.717, 1.165) is 5.56 Å². The number of nitriles is 1. The fourth-order valence-corrected chi connectivity index (χ4v) is 3.51. The van der Waals surface area contributed by atoms with Gasteiger partial charge < -0.3 is 4.74 Å². The van der Waals surface area contributed by atoms with Crippen LogP contribution < -0.4 is 10.2 Å². The molecule has 0 bridgehead atoms. The molecular formula is C24H19FN6O3. The molecule has 0 aliphatic heterocycles. The van der Waals surface area contributed by atoms with E-state index in [1.807, 2.05) is 13.0 Å². The second kappa shape index (κ2) is 9.38. The summed E-state index contributed by atoms with van der Waals surface area (Å²) in [7, 11) is 1.26. The highest BCUT2D eigenvalue weighted by atomic mass is 19.1. The average molecular weight is 458 g/mol. The molecule has 4 aromatic rings. The summed E-state index contributed by atoms with van der Waals surface area (Å²) in [4.78, 5) is 34.7.